The Bertz CT molecular complexity index is 380. The van der Waals surface area contributed by atoms with Crippen molar-refractivity contribution in [2.75, 3.05) is 0 Å². The molecule has 0 radical (unpaired) electrons. The highest BCUT2D eigenvalue weighted by Gasteiger charge is 2.09. The van der Waals surface area contributed by atoms with Gasteiger partial charge in [0.1, 0.15) is 0 Å². The number of Topliss-reactive ketones (excluding diaryl/α,β-unsaturated/α-hetero) is 1. The zero-order chi connectivity index (χ0) is 10.7. The largest absolute Gasteiger partial charge is 0.294 e. The molecule has 1 aromatic rings. The van der Waals surface area contributed by atoms with Gasteiger partial charge in [-0.15, -0.1) is 0 Å². The average Bonchev–Trinajstić information content (AvgIpc) is 2.08. The maximum atomic E-state index is 11.7. The molecule has 0 amide bonds. The van der Waals surface area contributed by atoms with Crippen LogP contribution >= 0.6 is 15.9 Å². The number of hydrogen-bond donors (Lipinski definition) is 0. The smallest absolute Gasteiger partial charge is 0.168 e. The first-order valence-electron chi connectivity index (χ1n) is 4.44. The molecule has 74 valence electrons. The van der Waals surface area contributed by atoms with E-state index in [0.717, 1.165) is 21.2 Å². The van der Waals surface area contributed by atoms with Crippen LogP contribution in [0.5, 0.6) is 0 Å². The van der Waals surface area contributed by atoms with E-state index in [0.29, 0.717) is 6.42 Å². The molecule has 0 atom stereocenters. The first-order chi connectivity index (χ1) is 6.50. The third-order valence-electron chi connectivity index (χ3n) is 1.88. The zero-order valence-corrected chi connectivity index (χ0v) is 10.0. The minimum absolute atomic E-state index is 0.119. The maximum Gasteiger partial charge on any atom is 0.168 e. The van der Waals surface area contributed by atoms with Crippen LogP contribution in [-0.2, 0) is 0 Å². The Morgan fingerprint density at radius 3 is 2.71 bits per heavy atom. The number of ketones is 1. The lowest BCUT2D eigenvalue weighted by atomic mass is 10.0. The SMILES string of the molecule is C=C(C)CC(=O)c1cc(C)ccc1Br. The van der Waals surface area contributed by atoms with Crippen molar-refractivity contribution in [2.24, 2.45) is 0 Å². The van der Waals surface area contributed by atoms with Gasteiger partial charge < -0.3 is 0 Å². The molecule has 0 saturated carbocycles. The number of rotatable bonds is 3. The standard InChI is InChI=1S/C12H13BrO/c1-8(2)6-12(14)10-7-9(3)4-5-11(10)13/h4-5,7H,1,6H2,2-3H3. The average molecular weight is 253 g/mol. The fourth-order valence-corrected chi connectivity index (χ4v) is 1.69. The van der Waals surface area contributed by atoms with Gasteiger partial charge in [-0.3, -0.25) is 4.79 Å². The molecule has 0 N–H and O–H groups in total. The highest BCUT2D eigenvalue weighted by atomic mass is 79.9. The van der Waals surface area contributed by atoms with Gasteiger partial charge in [-0.05, 0) is 26.0 Å². The molecule has 2 heteroatoms. The molecule has 1 aromatic carbocycles. The van der Waals surface area contributed by atoms with Gasteiger partial charge in [0.25, 0.3) is 0 Å². The molecular weight excluding hydrogens is 240 g/mol. The first-order valence-corrected chi connectivity index (χ1v) is 5.23. The van der Waals surface area contributed by atoms with Gasteiger partial charge in [0.05, 0.1) is 0 Å². The van der Waals surface area contributed by atoms with Gasteiger partial charge in [0.2, 0.25) is 0 Å². The van der Waals surface area contributed by atoms with E-state index in [9.17, 15) is 4.79 Å². The second kappa shape index (κ2) is 4.56. The number of allylic oxidation sites excluding steroid dienone is 1. The van der Waals surface area contributed by atoms with Crippen LogP contribution in [0.3, 0.4) is 0 Å². The highest BCUT2D eigenvalue weighted by molar-refractivity contribution is 9.10. The molecule has 0 unspecified atom stereocenters. The van der Waals surface area contributed by atoms with Crippen LogP contribution in [0, 0.1) is 6.92 Å². The summed E-state index contributed by atoms with van der Waals surface area (Å²) in [4.78, 5) is 11.7. The molecule has 0 heterocycles. The van der Waals surface area contributed by atoms with Crippen molar-refractivity contribution in [3.8, 4) is 0 Å². The summed E-state index contributed by atoms with van der Waals surface area (Å²) in [6, 6.07) is 5.78. The minimum atomic E-state index is 0.119. The van der Waals surface area contributed by atoms with Crippen LogP contribution in [0.1, 0.15) is 29.3 Å². The lowest BCUT2D eigenvalue weighted by Gasteiger charge is -2.04. The van der Waals surface area contributed by atoms with Gasteiger partial charge in [0.15, 0.2) is 5.78 Å². The van der Waals surface area contributed by atoms with Crippen LogP contribution in [0.4, 0.5) is 0 Å². The van der Waals surface area contributed by atoms with E-state index < -0.39 is 0 Å². The van der Waals surface area contributed by atoms with E-state index in [4.69, 9.17) is 0 Å². The van der Waals surface area contributed by atoms with Crippen molar-refractivity contribution in [2.45, 2.75) is 20.3 Å². The summed E-state index contributed by atoms with van der Waals surface area (Å²) in [7, 11) is 0. The Morgan fingerprint density at radius 2 is 2.14 bits per heavy atom. The van der Waals surface area contributed by atoms with E-state index in [1.54, 1.807) is 0 Å². The van der Waals surface area contributed by atoms with Crippen LogP contribution in [0.25, 0.3) is 0 Å². The number of carbonyl (C=O) groups is 1. The summed E-state index contributed by atoms with van der Waals surface area (Å²) < 4.78 is 0.856. The summed E-state index contributed by atoms with van der Waals surface area (Å²) in [6.07, 6.45) is 0.419. The van der Waals surface area contributed by atoms with E-state index in [1.807, 2.05) is 32.0 Å². The summed E-state index contributed by atoms with van der Waals surface area (Å²) in [5, 5.41) is 0. The van der Waals surface area contributed by atoms with Crippen molar-refractivity contribution in [3.63, 3.8) is 0 Å². The van der Waals surface area contributed by atoms with Gasteiger partial charge >= 0.3 is 0 Å². The predicted molar refractivity (Wildman–Crippen MR) is 62.6 cm³/mol. The second-order valence-electron chi connectivity index (χ2n) is 3.54. The van der Waals surface area contributed by atoms with Crippen molar-refractivity contribution in [1.82, 2.24) is 0 Å². The Kier molecular flexibility index (Phi) is 3.64. The molecule has 0 aliphatic rings. The molecule has 0 spiro atoms. The molecule has 0 fully saturated rings. The van der Waals surface area contributed by atoms with E-state index in [2.05, 4.69) is 22.5 Å². The Labute approximate surface area is 93.0 Å². The zero-order valence-electron chi connectivity index (χ0n) is 8.43. The number of hydrogen-bond acceptors (Lipinski definition) is 1. The molecule has 1 nitrogen and oxygen atoms in total. The van der Waals surface area contributed by atoms with Crippen LogP contribution in [0.15, 0.2) is 34.8 Å². The van der Waals surface area contributed by atoms with Gasteiger partial charge in [-0.1, -0.05) is 39.7 Å². The number of carbonyl (C=O) groups excluding carboxylic acids is 1. The Hall–Kier alpha value is -0.890. The minimum Gasteiger partial charge on any atom is -0.294 e. The number of halogens is 1. The molecular formula is C12H13BrO. The summed E-state index contributed by atoms with van der Waals surface area (Å²) in [5.41, 5.74) is 2.73. The van der Waals surface area contributed by atoms with Crippen LogP contribution < -0.4 is 0 Å². The summed E-state index contributed by atoms with van der Waals surface area (Å²) in [6.45, 7) is 7.58. The second-order valence-corrected chi connectivity index (χ2v) is 4.39. The lowest BCUT2D eigenvalue weighted by Crippen LogP contribution is -2.00. The maximum absolute atomic E-state index is 11.7. The Morgan fingerprint density at radius 1 is 1.50 bits per heavy atom. The quantitative estimate of drug-likeness (QED) is 0.589. The van der Waals surface area contributed by atoms with Crippen molar-refractivity contribution in [1.29, 1.82) is 0 Å². The molecule has 0 aliphatic carbocycles. The third kappa shape index (κ3) is 2.81. The fourth-order valence-electron chi connectivity index (χ4n) is 1.22. The molecule has 1 rings (SSSR count). The lowest BCUT2D eigenvalue weighted by molar-refractivity contribution is 0.0992. The molecule has 0 aromatic heterocycles. The third-order valence-corrected chi connectivity index (χ3v) is 2.58. The summed E-state index contributed by atoms with van der Waals surface area (Å²) in [5.74, 6) is 0.119. The van der Waals surface area contributed by atoms with Gasteiger partial charge in [-0.2, -0.15) is 0 Å². The number of aryl methyl sites for hydroxylation is 1. The van der Waals surface area contributed by atoms with Crippen LogP contribution in [-0.4, -0.2) is 5.78 Å². The fraction of sp³-hybridized carbons (Fsp3) is 0.250. The van der Waals surface area contributed by atoms with Crippen molar-refractivity contribution in [3.05, 3.63) is 46.0 Å². The Balaban J connectivity index is 3.00. The molecule has 14 heavy (non-hydrogen) atoms. The predicted octanol–water partition coefficient (Wildman–Crippen LogP) is 3.91. The number of benzene rings is 1. The van der Waals surface area contributed by atoms with E-state index in [1.165, 1.54) is 0 Å². The van der Waals surface area contributed by atoms with Crippen molar-refractivity contribution < 1.29 is 4.79 Å². The monoisotopic (exact) mass is 252 g/mol. The summed E-state index contributed by atoms with van der Waals surface area (Å²) >= 11 is 3.37. The van der Waals surface area contributed by atoms with E-state index in [-0.39, 0.29) is 5.78 Å². The normalized spacial score (nSPS) is 9.93. The van der Waals surface area contributed by atoms with E-state index >= 15 is 0 Å². The molecule has 0 saturated heterocycles. The van der Waals surface area contributed by atoms with Crippen molar-refractivity contribution >= 4 is 21.7 Å². The first kappa shape index (κ1) is 11.2. The van der Waals surface area contributed by atoms with Gasteiger partial charge in [0, 0.05) is 16.5 Å². The topological polar surface area (TPSA) is 17.1 Å². The molecule has 0 bridgehead atoms. The molecule has 0 aliphatic heterocycles. The van der Waals surface area contributed by atoms with Crippen LogP contribution in [0.2, 0.25) is 0 Å². The highest BCUT2D eigenvalue weighted by Crippen LogP contribution is 2.20. The van der Waals surface area contributed by atoms with Gasteiger partial charge in [-0.25, -0.2) is 0 Å².